The fraction of sp³-hybridized carbons (Fsp3) is 0.200. The third kappa shape index (κ3) is 3.19. The fourth-order valence-corrected chi connectivity index (χ4v) is 2.64. The van der Waals surface area contributed by atoms with E-state index in [2.05, 4.69) is 21.2 Å². The topological polar surface area (TPSA) is 12.0 Å². The van der Waals surface area contributed by atoms with E-state index in [9.17, 15) is 8.78 Å². The summed E-state index contributed by atoms with van der Waals surface area (Å²) in [4.78, 5) is 0. The molecule has 1 nitrogen and oxygen atoms in total. The maximum absolute atomic E-state index is 13.5. The molecule has 0 aromatic heterocycles. The quantitative estimate of drug-likeness (QED) is 0.884. The predicted octanol–water partition coefficient (Wildman–Crippen LogP) is 4.34. The molecule has 2 aromatic rings. The van der Waals surface area contributed by atoms with Crippen molar-refractivity contribution in [2.75, 3.05) is 7.05 Å². The summed E-state index contributed by atoms with van der Waals surface area (Å²) in [6, 6.07) is 9.05. The summed E-state index contributed by atoms with van der Waals surface area (Å²) in [7, 11) is 1.77. The van der Waals surface area contributed by atoms with Gasteiger partial charge in [0.2, 0.25) is 0 Å². The van der Waals surface area contributed by atoms with Crippen LogP contribution >= 0.6 is 15.9 Å². The van der Waals surface area contributed by atoms with Crippen LogP contribution in [0.1, 0.15) is 22.7 Å². The number of rotatable bonds is 3. The van der Waals surface area contributed by atoms with Gasteiger partial charge in [-0.3, -0.25) is 0 Å². The van der Waals surface area contributed by atoms with E-state index in [0.717, 1.165) is 21.2 Å². The monoisotopic (exact) mass is 325 g/mol. The molecular weight excluding hydrogens is 312 g/mol. The molecule has 0 radical (unpaired) electrons. The summed E-state index contributed by atoms with van der Waals surface area (Å²) in [5.74, 6) is -0.602. The molecule has 0 spiro atoms. The van der Waals surface area contributed by atoms with Crippen LogP contribution in [0.5, 0.6) is 0 Å². The van der Waals surface area contributed by atoms with Gasteiger partial charge < -0.3 is 5.32 Å². The predicted molar refractivity (Wildman–Crippen MR) is 76.1 cm³/mol. The minimum Gasteiger partial charge on any atom is -0.309 e. The van der Waals surface area contributed by atoms with Gasteiger partial charge in [0.05, 0.1) is 6.04 Å². The molecule has 1 atom stereocenters. The number of hydrogen-bond acceptors (Lipinski definition) is 1. The number of hydrogen-bond donors (Lipinski definition) is 1. The molecule has 1 N–H and O–H groups in total. The second kappa shape index (κ2) is 5.80. The lowest BCUT2D eigenvalue weighted by Gasteiger charge is -2.19. The van der Waals surface area contributed by atoms with Gasteiger partial charge in [-0.15, -0.1) is 0 Å². The highest BCUT2D eigenvalue weighted by Crippen LogP contribution is 2.30. The molecule has 0 aliphatic rings. The van der Waals surface area contributed by atoms with E-state index in [1.165, 1.54) is 24.3 Å². The van der Waals surface area contributed by atoms with Crippen LogP contribution < -0.4 is 5.32 Å². The van der Waals surface area contributed by atoms with Crippen molar-refractivity contribution in [2.45, 2.75) is 13.0 Å². The van der Waals surface area contributed by atoms with Crippen molar-refractivity contribution in [1.29, 1.82) is 0 Å². The first-order valence-corrected chi connectivity index (χ1v) is 6.70. The minimum atomic E-state index is -0.313. The molecule has 1 unspecified atom stereocenters. The highest BCUT2D eigenvalue weighted by atomic mass is 79.9. The van der Waals surface area contributed by atoms with E-state index >= 15 is 0 Å². The summed E-state index contributed by atoms with van der Waals surface area (Å²) < 4.78 is 27.7. The van der Waals surface area contributed by atoms with Crippen LogP contribution in [-0.2, 0) is 0 Å². The Hall–Kier alpha value is -1.26. The molecule has 0 fully saturated rings. The molecule has 0 saturated carbocycles. The van der Waals surface area contributed by atoms with Crippen molar-refractivity contribution in [3.8, 4) is 0 Å². The molecule has 0 amide bonds. The molecule has 2 rings (SSSR count). The molecule has 0 saturated heterocycles. The smallest absolute Gasteiger partial charge is 0.123 e. The van der Waals surface area contributed by atoms with Gasteiger partial charge in [0.25, 0.3) is 0 Å². The van der Waals surface area contributed by atoms with E-state index < -0.39 is 0 Å². The molecular formula is C15H14BrF2N. The van der Waals surface area contributed by atoms with Gasteiger partial charge in [-0.1, -0.05) is 22.0 Å². The Labute approximate surface area is 119 Å². The molecule has 0 heterocycles. The normalized spacial score (nSPS) is 12.5. The zero-order valence-corrected chi connectivity index (χ0v) is 12.3. The average molecular weight is 326 g/mol. The summed E-state index contributed by atoms with van der Waals surface area (Å²) in [5, 5.41) is 3.09. The SMILES string of the molecule is CNC(c1cc(C)cc(F)c1)c1cc(F)ccc1Br. The second-order valence-corrected chi connectivity index (χ2v) is 5.30. The van der Waals surface area contributed by atoms with Gasteiger partial charge in [0.15, 0.2) is 0 Å². The van der Waals surface area contributed by atoms with E-state index in [-0.39, 0.29) is 17.7 Å². The lowest BCUT2D eigenvalue weighted by atomic mass is 9.97. The second-order valence-electron chi connectivity index (χ2n) is 4.45. The third-order valence-electron chi connectivity index (χ3n) is 2.96. The highest BCUT2D eigenvalue weighted by Gasteiger charge is 2.16. The molecule has 19 heavy (non-hydrogen) atoms. The number of aryl methyl sites for hydroxylation is 1. The summed E-state index contributed by atoms with van der Waals surface area (Å²) in [6.07, 6.45) is 0. The lowest BCUT2D eigenvalue weighted by molar-refractivity contribution is 0.606. The molecule has 2 aromatic carbocycles. The van der Waals surface area contributed by atoms with Gasteiger partial charge in [-0.25, -0.2) is 8.78 Å². The molecule has 100 valence electrons. The van der Waals surface area contributed by atoms with Crippen LogP contribution in [-0.4, -0.2) is 7.05 Å². The molecule has 0 bridgehead atoms. The van der Waals surface area contributed by atoms with Crippen molar-refractivity contribution in [3.63, 3.8) is 0 Å². The Balaban J connectivity index is 2.52. The van der Waals surface area contributed by atoms with Crippen LogP contribution in [0.3, 0.4) is 0 Å². The zero-order chi connectivity index (χ0) is 14.0. The molecule has 4 heteroatoms. The lowest BCUT2D eigenvalue weighted by Crippen LogP contribution is -2.18. The maximum atomic E-state index is 13.5. The van der Waals surface area contributed by atoms with E-state index in [1.54, 1.807) is 13.1 Å². The van der Waals surface area contributed by atoms with E-state index in [0.29, 0.717) is 0 Å². The summed E-state index contributed by atoms with van der Waals surface area (Å²) >= 11 is 3.41. The maximum Gasteiger partial charge on any atom is 0.123 e. The largest absolute Gasteiger partial charge is 0.309 e. The Kier molecular flexibility index (Phi) is 4.32. The van der Waals surface area contributed by atoms with Gasteiger partial charge in [-0.05, 0) is 61.0 Å². The van der Waals surface area contributed by atoms with Crippen molar-refractivity contribution in [3.05, 3.63) is 69.2 Å². The highest BCUT2D eigenvalue weighted by molar-refractivity contribution is 9.10. The Bertz CT molecular complexity index is 578. The summed E-state index contributed by atoms with van der Waals surface area (Å²) in [5.41, 5.74) is 2.35. The van der Waals surface area contributed by atoms with Crippen LogP contribution in [0.2, 0.25) is 0 Å². The van der Waals surface area contributed by atoms with Crippen molar-refractivity contribution >= 4 is 15.9 Å². The Morgan fingerprint density at radius 3 is 2.42 bits per heavy atom. The Morgan fingerprint density at radius 2 is 1.79 bits per heavy atom. The van der Waals surface area contributed by atoms with Gasteiger partial charge in [-0.2, -0.15) is 0 Å². The summed E-state index contributed by atoms with van der Waals surface area (Å²) in [6.45, 7) is 1.83. The van der Waals surface area contributed by atoms with Gasteiger partial charge in [0.1, 0.15) is 11.6 Å². The molecule has 0 aliphatic carbocycles. The van der Waals surface area contributed by atoms with Crippen LogP contribution in [0.25, 0.3) is 0 Å². The van der Waals surface area contributed by atoms with Crippen molar-refractivity contribution in [2.24, 2.45) is 0 Å². The van der Waals surface area contributed by atoms with Crippen LogP contribution in [0.15, 0.2) is 40.9 Å². The van der Waals surface area contributed by atoms with E-state index in [1.807, 2.05) is 13.0 Å². The van der Waals surface area contributed by atoms with E-state index in [4.69, 9.17) is 0 Å². The first-order valence-electron chi connectivity index (χ1n) is 5.90. The third-order valence-corrected chi connectivity index (χ3v) is 3.68. The number of nitrogens with one attached hydrogen (secondary N) is 1. The molecule has 0 aliphatic heterocycles. The number of halogens is 3. The Morgan fingerprint density at radius 1 is 1.05 bits per heavy atom. The standard InChI is InChI=1S/C15H14BrF2N/c1-9-5-10(7-12(18)6-9)15(19-2)13-8-11(17)3-4-14(13)16/h3-8,15,19H,1-2H3. The zero-order valence-electron chi connectivity index (χ0n) is 10.7. The fourth-order valence-electron chi connectivity index (χ4n) is 2.17. The minimum absolute atomic E-state index is 0.264. The van der Waals surface area contributed by atoms with Crippen molar-refractivity contribution in [1.82, 2.24) is 5.32 Å². The van der Waals surface area contributed by atoms with Gasteiger partial charge >= 0.3 is 0 Å². The number of benzene rings is 2. The first kappa shape index (κ1) is 14.2. The van der Waals surface area contributed by atoms with Crippen LogP contribution in [0, 0.1) is 18.6 Å². The van der Waals surface area contributed by atoms with Gasteiger partial charge in [0, 0.05) is 4.47 Å². The van der Waals surface area contributed by atoms with Crippen molar-refractivity contribution < 1.29 is 8.78 Å². The first-order chi connectivity index (χ1) is 9.01. The average Bonchev–Trinajstić information content (AvgIpc) is 2.33. The van der Waals surface area contributed by atoms with Crippen LogP contribution in [0.4, 0.5) is 8.78 Å².